The normalized spacial score (nSPS) is 11.8. The third kappa shape index (κ3) is 3.04. The second-order valence-electron chi connectivity index (χ2n) is 3.55. The maximum absolute atomic E-state index is 11.3. The van der Waals surface area contributed by atoms with E-state index >= 15 is 0 Å². The minimum atomic E-state index is -0.969. The van der Waals surface area contributed by atoms with Crippen LogP contribution in [-0.2, 0) is 4.79 Å². The molecule has 18 heavy (non-hydrogen) atoms. The first-order valence-electron chi connectivity index (χ1n) is 5.18. The minimum Gasteiger partial charge on any atom is -0.479 e. The summed E-state index contributed by atoms with van der Waals surface area (Å²) in [6.45, 7) is 0. The highest BCUT2D eigenvalue weighted by Gasteiger charge is 2.19. The van der Waals surface area contributed by atoms with Gasteiger partial charge in [0.2, 0.25) is 0 Å². The Bertz CT molecular complexity index is 548. The molecule has 2 aromatic rings. The lowest BCUT2D eigenvalue weighted by Gasteiger charge is -2.15. The van der Waals surface area contributed by atoms with Crippen molar-refractivity contribution in [3.63, 3.8) is 0 Å². The van der Waals surface area contributed by atoms with Gasteiger partial charge in [-0.2, -0.15) is 0 Å². The minimum absolute atomic E-state index is 0.403. The number of carbonyl (C=O) groups is 1. The van der Waals surface area contributed by atoms with Crippen molar-refractivity contribution in [1.82, 2.24) is 9.97 Å². The number of carboxylic acids is 1. The molecule has 0 aliphatic rings. The summed E-state index contributed by atoms with van der Waals surface area (Å²) in [5.41, 5.74) is 0.659. The van der Waals surface area contributed by atoms with Crippen molar-refractivity contribution >= 4 is 27.7 Å². The number of aliphatic carboxylic acids is 1. The van der Waals surface area contributed by atoms with Crippen LogP contribution in [0.5, 0.6) is 0 Å². The number of nitrogens with one attached hydrogen (secondary N) is 1. The molecule has 0 bridgehead atoms. The molecule has 2 rings (SSSR count). The monoisotopic (exact) mass is 307 g/mol. The molecule has 0 aliphatic carbocycles. The van der Waals surface area contributed by atoms with E-state index in [1.807, 2.05) is 6.07 Å². The first-order valence-corrected chi connectivity index (χ1v) is 5.98. The van der Waals surface area contributed by atoms with Crippen LogP contribution in [0.4, 0.5) is 5.82 Å². The molecule has 0 aliphatic heterocycles. The van der Waals surface area contributed by atoms with Crippen LogP contribution >= 0.6 is 15.9 Å². The van der Waals surface area contributed by atoms with Gasteiger partial charge in [-0.1, -0.05) is 30.3 Å². The van der Waals surface area contributed by atoms with Crippen molar-refractivity contribution in [2.45, 2.75) is 6.04 Å². The summed E-state index contributed by atoms with van der Waals surface area (Å²) in [5, 5.41) is 12.1. The largest absolute Gasteiger partial charge is 0.479 e. The zero-order chi connectivity index (χ0) is 13.0. The Hall–Kier alpha value is -1.95. The molecule has 0 unspecified atom stereocenters. The molecule has 2 N–H and O–H groups in total. The molecule has 0 fully saturated rings. The summed E-state index contributed by atoms with van der Waals surface area (Å²) < 4.78 is 0.546. The molecular weight excluding hydrogens is 298 g/mol. The molecule has 6 heteroatoms. The number of nitrogens with zero attached hydrogens (tertiary/aromatic N) is 2. The number of anilines is 1. The van der Waals surface area contributed by atoms with E-state index in [1.165, 1.54) is 12.4 Å². The van der Waals surface area contributed by atoms with Crippen LogP contribution in [0.25, 0.3) is 0 Å². The molecule has 0 radical (unpaired) electrons. The smallest absolute Gasteiger partial charge is 0.330 e. The van der Waals surface area contributed by atoms with Crippen LogP contribution in [0.15, 0.2) is 47.3 Å². The standard InChI is InChI=1S/C12H10BrN3O2/c13-9-6-14-7-10(15-9)16-11(12(17)18)8-4-2-1-3-5-8/h1-7,11H,(H,15,16)(H,17,18)/t11-/m1/s1. The van der Waals surface area contributed by atoms with Crippen molar-refractivity contribution in [2.75, 3.05) is 5.32 Å². The topological polar surface area (TPSA) is 75.1 Å². The first-order chi connectivity index (χ1) is 8.66. The van der Waals surface area contributed by atoms with Crippen LogP contribution in [0.1, 0.15) is 11.6 Å². The number of carboxylic acid groups (broad SMARTS) is 1. The highest BCUT2D eigenvalue weighted by Crippen LogP contribution is 2.19. The molecule has 0 saturated heterocycles. The summed E-state index contributed by atoms with van der Waals surface area (Å²) in [5.74, 6) is -0.566. The highest BCUT2D eigenvalue weighted by atomic mass is 79.9. The van der Waals surface area contributed by atoms with E-state index in [-0.39, 0.29) is 0 Å². The van der Waals surface area contributed by atoms with Gasteiger partial charge in [0.1, 0.15) is 10.4 Å². The van der Waals surface area contributed by atoms with Gasteiger partial charge in [-0.15, -0.1) is 0 Å². The predicted molar refractivity (Wildman–Crippen MR) is 70.2 cm³/mol. The van der Waals surface area contributed by atoms with Gasteiger partial charge in [0.15, 0.2) is 6.04 Å². The Morgan fingerprint density at radius 2 is 2.00 bits per heavy atom. The van der Waals surface area contributed by atoms with Gasteiger partial charge < -0.3 is 10.4 Å². The molecule has 0 saturated carbocycles. The summed E-state index contributed by atoms with van der Waals surface area (Å²) in [4.78, 5) is 19.3. The number of aromatic nitrogens is 2. The Morgan fingerprint density at radius 1 is 1.28 bits per heavy atom. The lowest BCUT2D eigenvalue weighted by atomic mass is 10.1. The SMILES string of the molecule is O=C(O)[C@H](Nc1cncc(Br)n1)c1ccccc1. The molecule has 1 aromatic heterocycles. The molecular formula is C12H10BrN3O2. The van der Waals surface area contributed by atoms with E-state index in [0.717, 1.165) is 0 Å². The average Bonchev–Trinajstić information content (AvgIpc) is 2.37. The van der Waals surface area contributed by atoms with E-state index in [4.69, 9.17) is 0 Å². The van der Waals surface area contributed by atoms with Crippen molar-refractivity contribution in [3.8, 4) is 0 Å². The summed E-state index contributed by atoms with van der Waals surface area (Å²) in [6, 6.07) is 8.06. The second-order valence-corrected chi connectivity index (χ2v) is 4.37. The van der Waals surface area contributed by atoms with Crippen molar-refractivity contribution in [3.05, 3.63) is 52.9 Å². The molecule has 5 nitrogen and oxygen atoms in total. The van der Waals surface area contributed by atoms with Gasteiger partial charge >= 0.3 is 5.97 Å². The van der Waals surface area contributed by atoms with E-state index in [9.17, 15) is 9.90 Å². The van der Waals surface area contributed by atoms with E-state index in [1.54, 1.807) is 24.3 Å². The molecule has 0 spiro atoms. The maximum atomic E-state index is 11.3. The predicted octanol–water partition coefficient (Wildman–Crippen LogP) is 2.48. The number of rotatable bonds is 4. The Morgan fingerprint density at radius 3 is 2.61 bits per heavy atom. The van der Waals surface area contributed by atoms with E-state index in [0.29, 0.717) is 16.0 Å². The quantitative estimate of drug-likeness (QED) is 0.907. The molecule has 0 amide bonds. The fourth-order valence-corrected chi connectivity index (χ4v) is 1.80. The van der Waals surface area contributed by atoms with Crippen LogP contribution in [0.2, 0.25) is 0 Å². The third-order valence-electron chi connectivity index (χ3n) is 2.28. The van der Waals surface area contributed by atoms with Crippen LogP contribution in [0, 0.1) is 0 Å². The number of hydrogen-bond donors (Lipinski definition) is 2. The van der Waals surface area contributed by atoms with Crippen molar-refractivity contribution in [2.24, 2.45) is 0 Å². The number of halogens is 1. The summed E-state index contributed by atoms with van der Waals surface area (Å²) in [6.07, 6.45) is 3.01. The fraction of sp³-hybridized carbons (Fsp3) is 0.0833. The first kappa shape index (κ1) is 12.5. The zero-order valence-electron chi connectivity index (χ0n) is 9.25. The van der Waals surface area contributed by atoms with E-state index in [2.05, 4.69) is 31.2 Å². The Kier molecular flexibility index (Phi) is 3.88. The highest BCUT2D eigenvalue weighted by molar-refractivity contribution is 9.10. The van der Waals surface area contributed by atoms with Gasteiger partial charge in [-0.3, -0.25) is 4.98 Å². The van der Waals surface area contributed by atoms with Crippen molar-refractivity contribution in [1.29, 1.82) is 0 Å². The Balaban J connectivity index is 2.25. The Labute approximate surface area is 112 Å². The molecule has 1 heterocycles. The zero-order valence-corrected chi connectivity index (χ0v) is 10.8. The van der Waals surface area contributed by atoms with Crippen molar-refractivity contribution < 1.29 is 9.90 Å². The van der Waals surface area contributed by atoms with Crippen LogP contribution in [0.3, 0.4) is 0 Å². The molecule has 1 aromatic carbocycles. The maximum Gasteiger partial charge on any atom is 0.330 e. The molecule has 1 atom stereocenters. The average molecular weight is 308 g/mol. The molecule has 92 valence electrons. The van der Waals surface area contributed by atoms with Gasteiger partial charge in [-0.05, 0) is 21.5 Å². The summed E-state index contributed by atoms with van der Waals surface area (Å²) in [7, 11) is 0. The lowest BCUT2D eigenvalue weighted by molar-refractivity contribution is -0.138. The third-order valence-corrected chi connectivity index (χ3v) is 2.66. The van der Waals surface area contributed by atoms with Gasteiger partial charge in [-0.25, -0.2) is 9.78 Å². The van der Waals surface area contributed by atoms with Gasteiger partial charge in [0.05, 0.1) is 12.4 Å². The van der Waals surface area contributed by atoms with Crippen LogP contribution < -0.4 is 5.32 Å². The fourth-order valence-electron chi connectivity index (χ4n) is 1.49. The van der Waals surface area contributed by atoms with Gasteiger partial charge in [0, 0.05) is 0 Å². The lowest BCUT2D eigenvalue weighted by Crippen LogP contribution is -2.21. The number of benzene rings is 1. The second kappa shape index (κ2) is 5.59. The summed E-state index contributed by atoms with van der Waals surface area (Å²) >= 11 is 3.18. The number of hydrogen-bond acceptors (Lipinski definition) is 4. The van der Waals surface area contributed by atoms with Gasteiger partial charge in [0.25, 0.3) is 0 Å². The van der Waals surface area contributed by atoms with E-state index < -0.39 is 12.0 Å². The van der Waals surface area contributed by atoms with Crippen LogP contribution in [-0.4, -0.2) is 21.0 Å².